The lowest BCUT2D eigenvalue weighted by Crippen LogP contribution is -2.33. The summed E-state index contributed by atoms with van der Waals surface area (Å²) in [4.78, 5) is 20.3. The fraction of sp³-hybridized carbons (Fsp3) is 0.200. The van der Waals surface area contributed by atoms with E-state index in [0.717, 1.165) is 16.8 Å². The smallest absolute Gasteiger partial charge is 0.322 e. The summed E-state index contributed by atoms with van der Waals surface area (Å²) in [5, 5.41) is 15.9. The molecule has 0 amide bonds. The third-order valence-electron chi connectivity index (χ3n) is 1.45. The van der Waals surface area contributed by atoms with Crippen molar-refractivity contribution in [1.29, 1.82) is 0 Å². The van der Waals surface area contributed by atoms with Gasteiger partial charge in [0, 0.05) is 16.8 Å². The summed E-state index contributed by atoms with van der Waals surface area (Å²) in [5.74, 6) is -1.18. The average Bonchev–Trinajstić information content (AvgIpc) is 2.37. The Morgan fingerprint density at radius 2 is 2.06 bits per heavy atom. The highest BCUT2D eigenvalue weighted by Gasteiger charge is 2.06. The van der Waals surface area contributed by atoms with Gasteiger partial charge in [-0.3, -0.25) is 4.79 Å². The molecule has 1 unspecified atom stereocenters. The highest BCUT2D eigenvalue weighted by Crippen LogP contribution is 2.16. The van der Waals surface area contributed by atoms with Crippen LogP contribution in [-0.2, 0) is 9.59 Å². The van der Waals surface area contributed by atoms with Crippen molar-refractivity contribution in [1.82, 2.24) is 0 Å². The Labute approximate surface area is 102 Å². The number of aliphatic carboxylic acids is 1. The molecule has 1 aromatic rings. The number of carboxylic acid groups (broad SMARTS) is 1. The normalized spacial score (nSPS) is 10.5. The Morgan fingerprint density at radius 1 is 1.47 bits per heavy atom. The second kappa shape index (κ2) is 9.56. The van der Waals surface area contributed by atoms with Gasteiger partial charge in [0.15, 0.2) is 0 Å². The zero-order chi connectivity index (χ0) is 13.1. The predicted octanol–water partition coefficient (Wildman–Crippen LogP) is 0.420. The van der Waals surface area contributed by atoms with Gasteiger partial charge in [-0.15, -0.1) is 4.40 Å². The molecule has 6 nitrogen and oxygen atoms in total. The molecule has 0 saturated carbocycles. The highest BCUT2D eigenvalue weighted by atomic mass is 32.2. The molecule has 7 heteroatoms. The Bertz CT molecular complexity index is 379. The molecule has 4 N–H and O–H groups in total. The van der Waals surface area contributed by atoms with E-state index < -0.39 is 18.6 Å². The van der Waals surface area contributed by atoms with Crippen LogP contribution in [0, 0.1) is 0 Å². The predicted molar refractivity (Wildman–Crippen MR) is 63.1 cm³/mol. The molecule has 17 heavy (non-hydrogen) atoms. The monoisotopic (exact) mass is 256 g/mol. The molecule has 0 bridgehead atoms. The number of carbonyl (C=O) groups excluding carboxylic acids is 1. The Morgan fingerprint density at radius 3 is 2.41 bits per heavy atom. The maximum atomic E-state index is 9.67. The number of hydrogen-bond donors (Lipinski definition) is 3. The van der Waals surface area contributed by atoms with Gasteiger partial charge >= 0.3 is 5.97 Å². The van der Waals surface area contributed by atoms with Crippen LogP contribution in [0.2, 0.25) is 0 Å². The number of carboxylic acids is 1. The number of aliphatic hydroxyl groups excluding tert-OH is 1. The van der Waals surface area contributed by atoms with Crippen molar-refractivity contribution in [2.24, 2.45) is 10.1 Å². The molecule has 0 spiro atoms. The van der Waals surface area contributed by atoms with Gasteiger partial charge in [-0.1, -0.05) is 18.2 Å². The van der Waals surface area contributed by atoms with Crippen LogP contribution in [0.1, 0.15) is 0 Å². The molecular formula is C10H12N2O4S. The van der Waals surface area contributed by atoms with Crippen molar-refractivity contribution in [2.45, 2.75) is 10.9 Å². The van der Waals surface area contributed by atoms with Gasteiger partial charge in [0.05, 0.1) is 6.61 Å². The molecular weight excluding hydrogens is 244 g/mol. The van der Waals surface area contributed by atoms with Crippen LogP contribution in [0.3, 0.4) is 0 Å². The molecule has 0 aromatic heterocycles. The first-order chi connectivity index (χ1) is 8.11. The Hall–Kier alpha value is -1.66. The van der Waals surface area contributed by atoms with E-state index in [2.05, 4.69) is 4.40 Å². The van der Waals surface area contributed by atoms with Gasteiger partial charge < -0.3 is 15.9 Å². The fourth-order valence-electron chi connectivity index (χ4n) is 0.631. The first kappa shape index (κ1) is 15.3. The molecule has 92 valence electrons. The third-order valence-corrected chi connectivity index (χ3v) is 2.09. The van der Waals surface area contributed by atoms with Crippen molar-refractivity contribution in [2.75, 3.05) is 6.61 Å². The molecule has 0 aliphatic carbocycles. The SMILES string of the molecule is NC(CO)C(=O)O.O=C=NSc1ccccc1. The summed E-state index contributed by atoms with van der Waals surface area (Å²) in [6, 6.07) is 8.33. The summed E-state index contributed by atoms with van der Waals surface area (Å²) in [6.45, 7) is -0.505. The molecule has 0 saturated heterocycles. The van der Waals surface area contributed by atoms with Crippen LogP contribution in [0.25, 0.3) is 0 Å². The lowest BCUT2D eigenvalue weighted by atomic mass is 10.3. The van der Waals surface area contributed by atoms with Crippen molar-refractivity contribution >= 4 is 24.0 Å². The number of nitrogens with two attached hydrogens (primary N) is 1. The van der Waals surface area contributed by atoms with Crippen LogP contribution in [-0.4, -0.2) is 34.9 Å². The minimum absolute atomic E-state index is 0.505. The van der Waals surface area contributed by atoms with E-state index in [1.165, 1.54) is 6.08 Å². The van der Waals surface area contributed by atoms with E-state index in [-0.39, 0.29) is 0 Å². The van der Waals surface area contributed by atoms with E-state index in [9.17, 15) is 9.59 Å². The van der Waals surface area contributed by atoms with Crippen molar-refractivity contribution in [3.05, 3.63) is 30.3 Å². The topological polar surface area (TPSA) is 113 Å². The lowest BCUT2D eigenvalue weighted by molar-refractivity contribution is -0.139. The summed E-state index contributed by atoms with van der Waals surface area (Å²) in [5.41, 5.74) is 4.77. The van der Waals surface area contributed by atoms with E-state index >= 15 is 0 Å². The van der Waals surface area contributed by atoms with Crippen LogP contribution in [0.15, 0.2) is 39.6 Å². The van der Waals surface area contributed by atoms with Gasteiger partial charge in [-0.05, 0) is 12.1 Å². The fourth-order valence-corrected chi connectivity index (χ4v) is 1.05. The van der Waals surface area contributed by atoms with Crippen LogP contribution in [0.5, 0.6) is 0 Å². The third kappa shape index (κ3) is 8.18. The molecule has 1 rings (SSSR count). The van der Waals surface area contributed by atoms with Crippen molar-refractivity contribution in [3.63, 3.8) is 0 Å². The number of hydrogen-bond acceptors (Lipinski definition) is 6. The first-order valence-electron chi connectivity index (χ1n) is 4.50. The number of benzene rings is 1. The number of isocyanates is 1. The zero-order valence-electron chi connectivity index (χ0n) is 8.81. The van der Waals surface area contributed by atoms with Gasteiger partial charge in [0.1, 0.15) is 6.04 Å². The molecule has 1 atom stereocenters. The molecule has 0 aliphatic rings. The minimum Gasteiger partial charge on any atom is -0.480 e. The van der Waals surface area contributed by atoms with Crippen molar-refractivity contribution < 1.29 is 19.8 Å². The van der Waals surface area contributed by atoms with Gasteiger partial charge in [0.25, 0.3) is 0 Å². The first-order valence-corrected chi connectivity index (χ1v) is 5.27. The highest BCUT2D eigenvalue weighted by molar-refractivity contribution is 7.98. The van der Waals surface area contributed by atoms with Crippen molar-refractivity contribution in [3.8, 4) is 0 Å². The Kier molecular flexibility index (Phi) is 8.62. The van der Waals surface area contributed by atoms with E-state index in [1.807, 2.05) is 30.3 Å². The van der Waals surface area contributed by atoms with Gasteiger partial charge in [-0.25, -0.2) is 4.79 Å². The minimum atomic E-state index is -1.18. The maximum absolute atomic E-state index is 9.67. The molecule has 0 heterocycles. The summed E-state index contributed by atoms with van der Waals surface area (Å²) in [6.07, 6.45) is 1.45. The second-order valence-corrected chi connectivity index (χ2v) is 3.55. The molecule has 0 radical (unpaired) electrons. The van der Waals surface area contributed by atoms with E-state index in [1.54, 1.807) is 0 Å². The number of rotatable bonds is 4. The van der Waals surface area contributed by atoms with Crippen LogP contribution < -0.4 is 5.73 Å². The summed E-state index contributed by atoms with van der Waals surface area (Å²) < 4.78 is 3.35. The van der Waals surface area contributed by atoms with Crippen LogP contribution >= 0.6 is 11.9 Å². The second-order valence-electron chi connectivity index (χ2n) is 2.71. The summed E-state index contributed by atoms with van der Waals surface area (Å²) >= 11 is 1.12. The number of aliphatic hydroxyl groups is 1. The lowest BCUT2D eigenvalue weighted by Gasteiger charge is -1.96. The van der Waals surface area contributed by atoms with Gasteiger partial charge in [-0.2, -0.15) is 0 Å². The quantitative estimate of drug-likeness (QED) is 0.409. The average molecular weight is 256 g/mol. The number of carbonyl (C=O) groups is 1. The van der Waals surface area contributed by atoms with Gasteiger partial charge in [0.2, 0.25) is 6.08 Å². The summed E-state index contributed by atoms with van der Waals surface area (Å²) in [7, 11) is 0. The molecule has 0 fully saturated rings. The largest absolute Gasteiger partial charge is 0.480 e. The standard InChI is InChI=1S/C7H5NOS.C3H7NO3/c9-6-8-10-7-4-2-1-3-5-7;4-2(1-5)3(6)7/h1-5H;2,5H,1,4H2,(H,6,7). The van der Waals surface area contributed by atoms with E-state index in [0.29, 0.717) is 0 Å². The zero-order valence-corrected chi connectivity index (χ0v) is 9.63. The van der Waals surface area contributed by atoms with E-state index in [4.69, 9.17) is 15.9 Å². The number of nitrogens with zero attached hydrogens (tertiary/aromatic N) is 1. The molecule has 1 aromatic carbocycles. The maximum Gasteiger partial charge on any atom is 0.322 e. The Balaban J connectivity index is 0.000000325. The van der Waals surface area contributed by atoms with Crippen LogP contribution in [0.4, 0.5) is 0 Å². The molecule has 0 aliphatic heterocycles.